The predicted molar refractivity (Wildman–Crippen MR) is 74.1 cm³/mol. The molecule has 1 N–H and O–H groups in total. The van der Waals surface area contributed by atoms with Crippen LogP contribution in [0.15, 0.2) is 42.5 Å². The summed E-state index contributed by atoms with van der Waals surface area (Å²) in [5.41, 5.74) is 0.590. The Kier molecular flexibility index (Phi) is 3.24. The van der Waals surface area contributed by atoms with Crippen LogP contribution in [-0.2, 0) is 6.18 Å². The number of carbonyl (C=O) groups excluding carboxylic acids is 1. The number of alkyl halides is 3. The first-order valence-electron chi connectivity index (χ1n) is 6.34. The molecule has 6 heteroatoms. The van der Waals surface area contributed by atoms with Crippen LogP contribution in [0.2, 0.25) is 0 Å². The maximum Gasteiger partial charge on any atom is 0.416 e. The van der Waals surface area contributed by atoms with Gasteiger partial charge in [-0.05, 0) is 48.0 Å². The molecule has 0 unspecified atom stereocenters. The molecule has 3 aromatic rings. The van der Waals surface area contributed by atoms with Gasteiger partial charge in [-0.15, -0.1) is 0 Å². The summed E-state index contributed by atoms with van der Waals surface area (Å²) >= 11 is 0. The van der Waals surface area contributed by atoms with Crippen LogP contribution in [0.3, 0.4) is 0 Å². The highest BCUT2D eigenvalue weighted by Gasteiger charge is 2.31. The van der Waals surface area contributed by atoms with E-state index in [0.29, 0.717) is 23.1 Å². The van der Waals surface area contributed by atoms with E-state index in [9.17, 15) is 22.4 Å². The van der Waals surface area contributed by atoms with E-state index in [2.05, 4.69) is 4.98 Å². The molecule has 0 saturated carbocycles. The van der Waals surface area contributed by atoms with Crippen molar-refractivity contribution in [2.24, 2.45) is 0 Å². The highest BCUT2D eigenvalue weighted by atomic mass is 19.4. The lowest BCUT2D eigenvalue weighted by Gasteiger charge is -2.06. The normalized spacial score (nSPS) is 11.8. The number of nitrogens with one attached hydrogen (secondary N) is 1. The van der Waals surface area contributed by atoms with Crippen molar-refractivity contribution in [3.8, 4) is 11.3 Å². The van der Waals surface area contributed by atoms with Gasteiger partial charge < -0.3 is 4.98 Å². The number of halogens is 4. The number of rotatable bonds is 2. The van der Waals surface area contributed by atoms with E-state index in [0.717, 1.165) is 12.1 Å². The first-order valence-corrected chi connectivity index (χ1v) is 6.34. The van der Waals surface area contributed by atoms with E-state index in [1.54, 1.807) is 0 Å². The number of benzene rings is 2. The molecule has 0 atom stereocenters. The number of hydrogen-bond acceptors (Lipinski definition) is 1. The van der Waals surface area contributed by atoms with Crippen LogP contribution < -0.4 is 0 Å². The molecule has 0 aliphatic rings. The predicted octanol–water partition coefficient (Wildman–Crippen LogP) is 4.81. The number of aromatic amines is 1. The van der Waals surface area contributed by atoms with Gasteiger partial charge in [-0.3, -0.25) is 4.79 Å². The molecule has 3 rings (SSSR count). The zero-order chi connectivity index (χ0) is 15.9. The maximum absolute atomic E-state index is 13.0. The van der Waals surface area contributed by atoms with E-state index >= 15 is 0 Å². The Hall–Kier alpha value is -2.63. The average molecular weight is 307 g/mol. The molecule has 0 aliphatic carbocycles. The minimum atomic E-state index is -4.48. The minimum Gasteiger partial charge on any atom is -0.354 e. The van der Waals surface area contributed by atoms with Crippen molar-refractivity contribution in [2.45, 2.75) is 6.18 Å². The fraction of sp³-hybridized carbons (Fsp3) is 0.0625. The number of H-pyrrole nitrogens is 1. The summed E-state index contributed by atoms with van der Waals surface area (Å²) in [5, 5.41) is 0.184. The second kappa shape index (κ2) is 4.98. The Bertz CT molecular complexity index is 847. The lowest BCUT2D eigenvalue weighted by Crippen LogP contribution is -2.04. The third kappa shape index (κ3) is 2.36. The van der Waals surface area contributed by atoms with Crippen molar-refractivity contribution >= 4 is 17.2 Å². The molecule has 0 radical (unpaired) electrons. The lowest BCUT2D eigenvalue weighted by atomic mass is 10.0. The van der Waals surface area contributed by atoms with Crippen LogP contribution in [-0.4, -0.2) is 11.3 Å². The van der Waals surface area contributed by atoms with Crippen LogP contribution >= 0.6 is 0 Å². The molecule has 0 aliphatic heterocycles. The van der Waals surface area contributed by atoms with Crippen molar-refractivity contribution in [1.29, 1.82) is 0 Å². The maximum atomic E-state index is 13.0. The number of hydrogen-bond donors (Lipinski definition) is 1. The molecule has 0 saturated heterocycles. The van der Waals surface area contributed by atoms with Gasteiger partial charge in [0.2, 0.25) is 0 Å². The van der Waals surface area contributed by atoms with Crippen LogP contribution in [0.4, 0.5) is 17.6 Å². The van der Waals surface area contributed by atoms with Crippen molar-refractivity contribution in [3.05, 3.63) is 59.4 Å². The van der Waals surface area contributed by atoms with Crippen LogP contribution in [0.1, 0.15) is 15.9 Å². The van der Waals surface area contributed by atoms with Crippen molar-refractivity contribution in [2.75, 3.05) is 0 Å². The molecule has 22 heavy (non-hydrogen) atoms. The Balaban J connectivity index is 2.24. The third-order valence-electron chi connectivity index (χ3n) is 3.42. The second-order valence-corrected chi connectivity index (χ2v) is 4.80. The Labute approximate surface area is 122 Å². The molecule has 0 fully saturated rings. The summed E-state index contributed by atoms with van der Waals surface area (Å²) < 4.78 is 51.3. The van der Waals surface area contributed by atoms with Crippen molar-refractivity contribution < 1.29 is 22.4 Å². The monoisotopic (exact) mass is 307 g/mol. The SMILES string of the molecule is O=Cc1c(-c2ccc(F)cc2)[nH]c2ccc(C(F)(F)F)cc12. The van der Waals surface area contributed by atoms with Gasteiger partial charge in [-0.25, -0.2) is 4.39 Å². The number of aldehydes is 1. The Morgan fingerprint density at radius 3 is 2.27 bits per heavy atom. The number of aromatic nitrogens is 1. The van der Waals surface area contributed by atoms with E-state index in [4.69, 9.17) is 0 Å². The van der Waals surface area contributed by atoms with E-state index in [1.807, 2.05) is 0 Å². The molecule has 0 spiro atoms. The zero-order valence-corrected chi connectivity index (χ0v) is 11.0. The largest absolute Gasteiger partial charge is 0.416 e. The second-order valence-electron chi connectivity index (χ2n) is 4.80. The van der Waals surface area contributed by atoms with Gasteiger partial charge in [-0.1, -0.05) is 0 Å². The van der Waals surface area contributed by atoms with Crippen LogP contribution in [0.5, 0.6) is 0 Å². The molecule has 112 valence electrons. The van der Waals surface area contributed by atoms with Gasteiger partial charge in [0.05, 0.1) is 11.3 Å². The standard InChI is InChI=1S/C16H9F4NO/c17-11-4-1-9(2-5-11)15-13(8-22)12-7-10(16(18,19)20)3-6-14(12)21-15/h1-8,21H. The quantitative estimate of drug-likeness (QED) is 0.535. The number of fused-ring (bicyclic) bond motifs is 1. The zero-order valence-electron chi connectivity index (χ0n) is 11.0. The average Bonchev–Trinajstić information content (AvgIpc) is 2.84. The van der Waals surface area contributed by atoms with E-state index in [1.165, 1.54) is 30.3 Å². The number of carbonyl (C=O) groups is 1. The minimum absolute atomic E-state index is 0.118. The Morgan fingerprint density at radius 1 is 1.00 bits per heavy atom. The fourth-order valence-electron chi connectivity index (χ4n) is 2.36. The summed E-state index contributed by atoms with van der Waals surface area (Å²) in [4.78, 5) is 14.2. The first kappa shape index (κ1) is 14.3. The summed E-state index contributed by atoms with van der Waals surface area (Å²) in [6.45, 7) is 0. The van der Waals surface area contributed by atoms with Gasteiger partial charge in [0.1, 0.15) is 5.82 Å². The molecular formula is C16H9F4NO. The van der Waals surface area contributed by atoms with Crippen LogP contribution in [0.25, 0.3) is 22.2 Å². The van der Waals surface area contributed by atoms with Crippen LogP contribution in [0, 0.1) is 5.82 Å². The molecular weight excluding hydrogens is 298 g/mol. The molecule has 2 aromatic carbocycles. The van der Waals surface area contributed by atoms with Crippen molar-refractivity contribution in [3.63, 3.8) is 0 Å². The molecule has 0 amide bonds. The topological polar surface area (TPSA) is 32.9 Å². The highest BCUT2D eigenvalue weighted by molar-refractivity contribution is 6.04. The van der Waals surface area contributed by atoms with E-state index < -0.39 is 17.6 Å². The lowest BCUT2D eigenvalue weighted by molar-refractivity contribution is -0.137. The summed E-state index contributed by atoms with van der Waals surface area (Å²) in [5.74, 6) is -0.438. The summed E-state index contributed by atoms with van der Waals surface area (Å²) in [6, 6.07) is 8.51. The smallest absolute Gasteiger partial charge is 0.354 e. The van der Waals surface area contributed by atoms with Gasteiger partial charge in [-0.2, -0.15) is 13.2 Å². The molecule has 1 heterocycles. The molecule has 2 nitrogen and oxygen atoms in total. The summed E-state index contributed by atoms with van der Waals surface area (Å²) in [7, 11) is 0. The third-order valence-corrected chi connectivity index (χ3v) is 3.42. The molecule has 0 bridgehead atoms. The summed E-state index contributed by atoms with van der Waals surface area (Å²) in [6.07, 6.45) is -3.99. The van der Waals surface area contributed by atoms with E-state index in [-0.39, 0.29) is 10.9 Å². The van der Waals surface area contributed by atoms with Gasteiger partial charge in [0.25, 0.3) is 0 Å². The van der Waals surface area contributed by atoms with Gasteiger partial charge in [0, 0.05) is 16.5 Å². The van der Waals surface area contributed by atoms with Gasteiger partial charge >= 0.3 is 6.18 Å². The Morgan fingerprint density at radius 2 is 1.68 bits per heavy atom. The highest BCUT2D eigenvalue weighted by Crippen LogP contribution is 2.35. The first-order chi connectivity index (χ1) is 10.4. The molecule has 1 aromatic heterocycles. The van der Waals surface area contributed by atoms with Crippen molar-refractivity contribution in [1.82, 2.24) is 4.98 Å². The fourth-order valence-corrected chi connectivity index (χ4v) is 2.36. The van der Waals surface area contributed by atoms with Gasteiger partial charge in [0.15, 0.2) is 6.29 Å².